The Hall–Kier alpha value is -2.09. The molecule has 2 nitrogen and oxygen atoms in total. The summed E-state index contributed by atoms with van der Waals surface area (Å²) in [5.41, 5.74) is 5.25. The van der Waals surface area contributed by atoms with Crippen LogP contribution >= 0.6 is 0 Å². The van der Waals surface area contributed by atoms with Gasteiger partial charge in [-0.05, 0) is 28.7 Å². The molecule has 2 aromatic rings. The zero-order valence-corrected chi connectivity index (χ0v) is 10.9. The van der Waals surface area contributed by atoms with Gasteiger partial charge in [0.1, 0.15) is 0 Å². The minimum atomic E-state index is -0.137. The minimum Gasteiger partial charge on any atom is -0.469 e. The van der Waals surface area contributed by atoms with E-state index in [1.165, 1.54) is 29.4 Å². The lowest BCUT2D eigenvalue weighted by Crippen LogP contribution is -2.04. The van der Waals surface area contributed by atoms with Crippen molar-refractivity contribution in [2.75, 3.05) is 7.11 Å². The summed E-state index contributed by atoms with van der Waals surface area (Å²) in [6, 6.07) is 16.9. The molecular weight excluding hydrogens is 236 g/mol. The van der Waals surface area contributed by atoms with Gasteiger partial charge in [-0.25, -0.2) is 0 Å². The van der Waals surface area contributed by atoms with Crippen LogP contribution in [0.2, 0.25) is 0 Å². The van der Waals surface area contributed by atoms with Crippen LogP contribution in [0.4, 0.5) is 0 Å². The first-order valence-electron chi connectivity index (χ1n) is 6.56. The summed E-state index contributed by atoms with van der Waals surface area (Å²) >= 11 is 0. The minimum absolute atomic E-state index is 0.137. The van der Waals surface area contributed by atoms with E-state index in [1.54, 1.807) is 0 Å². The lowest BCUT2D eigenvalue weighted by atomic mass is 9.92. The van der Waals surface area contributed by atoms with Gasteiger partial charge in [0.05, 0.1) is 7.11 Å². The Labute approximate surface area is 113 Å². The highest BCUT2D eigenvalue weighted by molar-refractivity contribution is 5.79. The van der Waals surface area contributed by atoms with Crippen molar-refractivity contribution in [2.45, 2.75) is 18.8 Å². The Morgan fingerprint density at radius 3 is 2.05 bits per heavy atom. The Kier molecular flexibility index (Phi) is 3.08. The molecule has 1 aliphatic rings. The Morgan fingerprint density at radius 1 is 1.00 bits per heavy atom. The molecule has 0 bridgehead atoms. The maximum atomic E-state index is 11.4. The third kappa shape index (κ3) is 2.03. The summed E-state index contributed by atoms with van der Waals surface area (Å²) in [6.07, 6.45) is 1.27. The highest BCUT2D eigenvalue weighted by atomic mass is 16.5. The molecule has 19 heavy (non-hydrogen) atoms. The first kappa shape index (κ1) is 12.0. The van der Waals surface area contributed by atoms with E-state index in [4.69, 9.17) is 4.74 Å². The fourth-order valence-electron chi connectivity index (χ4n) is 2.94. The van der Waals surface area contributed by atoms with Crippen LogP contribution in [0.25, 0.3) is 11.1 Å². The monoisotopic (exact) mass is 252 g/mol. The number of carbonyl (C=O) groups is 1. The van der Waals surface area contributed by atoms with Crippen molar-refractivity contribution >= 4 is 5.97 Å². The molecule has 0 fully saturated rings. The van der Waals surface area contributed by atoms with Crippen LogP contribution in [-0.2, 0) is 9.53 Å². The first-order chi connectivity index (χ1) is 9.31. The number of rotatable bonds is 3. The molecule has 0 heterocycles. The van der Waals surface area contributed by atoms with Gasteiger partial charge in [-0.15, -0.1) is 0 Å². The zero-order valence-electron chi connectivity index (χ0n) is 10.9. The van der Waals surface area contributed by atoms with Crippen LogP contribution in [0.1, 0.15) is 29.9 Å². The molecule has 0 saturated carbocycles. The summed E-state index contributed by atoms with van der Waals surface area (Å²) in [5, 5.41) is 0. The van der Waals surface area contributed by atoms with Crippen molar-refractivity contribution in [1.82, 2.24) is 0 Å². The number of methoxy groups -OCH3 is 1. The van der Waals surface area contributed by atoms with Crippen molar-refractivity contribution in [3.05, 3.63) is 59.7 Å². The molecule has 0 radical (unpaired) electrons. The van der Waals surface area contributed by atoms with E-state index in [9.17, 15) is 4.79 Å². The van der Waals surface area contributed by atoms with Crippen molar-refractivity contribution < 1.29 is 9.53 Å². The number of esters is 1. The standard InChI is InChI=1S/C17H16O2/c1-19-17(18)11-10-16-14-8-4-2-6-12(14)13-7-3-5-9-15(13)16/h2-9,16H,10-11H2,1H3. The largest absolute Gasteiger partial charge is 0.469 e. The topological polar surface area (TPSA) is 26.3 Å². The van der Waals surface area contributed by atoms with Gasteiger partial charge >= 0.3 is 5.97 Å². The summed E-state index contributed by atoms with van der Waals surface area (Å²) < 4.78 is 4.75. The molecular formula is C17H16O2. The highest BCUT2D eigenvalue weighted by Crippen LogP contribution is 2.46. The van der Waals surface area contributed by atoms with Crippen LogP contribution in [0, 0.1) is 0 Å². The lowest BCUT2D eigenvalue weighted by Gasteiger charge is -2.12. The molecule has 1 aliphatic carbocycles. The van der Waals surface area contributed by atoms with Crippen LogP contribution in [0.5, 0.6) is 0 Å². The van der Waals surface area contributed by atoms with Gasteiger partial charge in [0.25, 0.3) is 0 Å². The highest BCUT2D eigenvalue weighted by Gasteiger charge is 2.28. The molecule has 96 valence electrons. The molecule has 2 aromatic carbocycles. The molecule has 0 unspecified atom stereocenters. The molecule has 0 amide bonds. The number of ether oxygens (including phenoxy) is 1. The summed E-state index contributed by atoms with van der Waals surface area (Å²) in [6.45, 7) is 0. The normalized spacial score (nSPS) is 12.9. The fourth-order valence-corrected chi connectivity index (χ4v) is 2.94. The quantitative estimate of drug-likeness (QED) is 0.778. The smallest absolute Gasteiger partial charge is 0.305 e. The van der Waals surface area contributed by atoms with Gasteiger partial charge in [-0.1, -0.05) is 48.5 Å². The fraction of sp³-hybridized carbons (Fsp3) is 0.235. The van der Waals surface area contributed by atoms with Crippen molar-refractivity contribution in [3.8, 4) is 11.1 Å². The molecule has 0 aliphatic heterocycles. The molecule has 0 atom stereocenters. The van der Waals surface area contributed by atoms with Crippen LogP contribution in [-0.4, -0.2) is 13.1 Å². The second kappa shape index (κ2) is 4.88. The average Bonchev–Trinajstić information content (AvgIpc) is 2.79. The molecule has 0 N–H and O–H groups in total. The van der Waals surface area contributed by atoms with E-state index in [0.717, 1.165) is 6.42 Å². The SMILES string of the molecule is COC(=O)CCC1c2ccccc2-c2ccccc21. The third-order valence-corrected chi connectivity index (χ3v) is 3.83. The average molecular weight is 252 g/mol. The maximum Gasteiger partial charge on any atom is 0.305 e. The van der Waals surface area contributed by atoms with Crippen molar-refractivity contribution in [1.29, 1.82) is 0 Å². The zero-order chi connectivity index (χ0) is 13.2. The second-order valence-electron chi connectivity index (χ2n) is 4.84. The van der Waals surface area contributed by atoms with E-state index in [0.29, 0.717) is 12.3 Å². The first-order valence-corrected chi connectivity index (χ1v) is 6.56. The third-order valence-electron chi connectivity index (χ3n) is 3.83. The molecule has 0 saturated heterocycles. The molecule has 3 rings (SSSR count). The number of benzene rings is 2. The van der Waals surface area contributed by atoms with E-state index in [-0.39, 0.29) is 5.97 Å². The van der Waals surface area contributed by atoms with E-state index in [1.807, 2.05) is 0 Å². The van der Waals surface area contributed by atoms with Crippen LogP contribution in [0.15, 0.2) is 48.5 Å². The Bertz CT molecular complexity index is 571. The molecule has 2 heteroatoms. The maximum absolute atomic E-state index is 11.4. The van der Waals surface area contributed by atoms with Gasteiger partial charge in [0.2, 0.25) is 0 Å². The van der Waals surface area contributed by atoms with E-state index < -0.39 is 0 Å². The Balaban J connectivity index is 1.98. The number of fused-ring (bicyclic) bond motifs is 3. The van der Waals surface area contributed by atoms with E-state index >= 15 is 0 Å². The summed E-state index contributed by atoms with van der Waals surface area (Å²) in [4.78, 5) is 11.4. The lowest BCUT2D eigenvalue weighted by molar-refractivity contribution is -0.140. The number of hydrogen-bond acceptors (Lipinski definition) is 2. The predicted molar refractivity (Wildman–Crippen MR) is 75.0 cm³/mol. The van der Waals surface area contributed by atoms with Crippen LogP contribution < -0.4 is 0 Å². The van der Waals surface area contributed by atoms with Gasteiger partial charge in [0.15, 0.2) is 0 Å². The van der Waals surface area contributed by atoms with Gasteiger partial charge in [-0.3, -0.25) is 4.79 Å². The number of hydrogen-bond donors (Lipinski definition) is 0. The van der Waals surface area contributed by atoms with Crippen molar-refractivity contribution in [2.24, 2.45) is 0 Å². The van der Waals surface area contributed by atoms with Gasteiger partial charge in [0, 0.05) is 12.3 Å². The Morgan fingerprint density at radius 2 is 1.53 bits per heavy atom. The van der Waals surface area contributed by atoms with Crippen LogP contribution in [0.3, 0.4) is 0 Å². The predicted octanol–water partition coefficient (Wildman–Crippen LogP) is 3.75. The van der Waals surface area contributed by atoms with E-state index in [2.05, 4.69) is 48.5 Å². The molecule has 0 spiro atoms. The number of carbonyl (C=O) groups excluding carboxylic acids is 1. The van der Waals surface area contributed by atoms with Gasteiger partial charge in [-0.2, -0.15) is 0 Å². The van der Waals surface area contributed by atoms with Gasteiger partial charge < -0.3 is 4.74 Å². The van der Waals surface area contributed by atoms with Crippen molar-refractivity contribution in [3.63, 3.8) is 0 Å². The summed E-state index contributed by atoms with van der Waals surface area (Å²) in [5.74, 6) is 0.174. The summed E-state index contributed by atoms with van der Waals surface area (Å²) in [7, 11) is 1.44. The molecule has 0 aromatic heterocycles. The second-order valence-corrected chi connectivity index (χ2v) is 4.84.